The topological polar surface area (TPSA) is 80.7 Å². The lowest BCUT2D eigenvalue weighted by Crippen LogP contribution is -1.99. The minimum atomic E-state index is -0.509. The highest BCUT2D eigenvalue weighted by atomic mass is 79.9. The van der Waals surface area contributed by atoms with E-state index in [9.17, 15) is 10.1 Å². The van der Waals surface area contributed by atoms with Crippen LogP contribution >= 0.6 is 27.5 Å². The van der Waals surface area contributed by atoms with Crippen LogP contribution in [0.5, 0.6) is 0 Å². The van der Waals surface area contributed by atoms with Crippen molar-refractivity contribution in [2.75, 3.05) is 5.43 Å². The van der Waals surface area contributed by atoms with Crippen molar-refractivity contribution in [3.63, 3.8) is 0 Å². The summed E-state index contributed by atoms with van der Waals surface area (Å²) in [6, 6.07) is 7.76. The van der Waals surface area contributed by atoms with Crippen LogP contribution in [0.1, 0.15) is 5.76 Å². The van der Waals surface area contributed by atoms with E-state index in [4.69, 9.17) is 16.0 Å². The average molecular weight is 345 g/mol. The highest BCUT2D eigenvalue weighted by Crippen LogP contribution is 2.28. The van der Waals surface area contributed by atoms with Crippen LogP contribution in [0.15, 0.2) is 50.6 Å². The van der Waals surface area contributed by atoms with E-state index in [1.165, 1.54) is 18.4 Å². The molecule has 98 valence electrons. The van der Waals surface area contributed by atoms with Crippen molar-refractivity contribution < 1.29 is 9.34 Å². The van der Waals surface area contributed by atoms with Crippen LogP contribution in [0.4, 0.5) is 11.4 Å². The molecule has 0 atom stereocenters. The summed E-state index contributed by atoms with van der Waals surface area (Å²) in [5.41, 5.74) is 2.67. The van der Waals surface area contributed by atoms with Gasteiger partial charge in [0.1, 0.15) is 5.69 Å². The number of hydrogen-bond donors (Lipinski definition) is 1. The highest BCUT2D eigenvalue weighted by Gasteiger charge is 2.13. The Kier molecular flexibility index (Phi) is 4.18. The Morgan fingerprint density at radius 3 is 2.89 bits per heavy atom. The molecule has 0 saturated carbocycles. The lowest BCUT2D eigenvalue weighted by Gasteiger charge is -2.03. The zero-order chi connectivity index (χ0) is 13.8. The Morgan fingerprint density at radius 2 is 2.26 bits per heavy atom. The molecule has 6 nitrogen and oxygen atoms in total. The van der Waals surface area contributed by atoms with E-state index in [1.807, 2.05) is 0 Å². The van der Waals surface area contributed by atoms with Gasteiger partial charge < -0.3 is 4.42 Å². The van der Waals surface area contributed by atoms with Crippen molar-refractivity contribution in [1.29, 1.82) is 0 Å². The maximum atomic E-state index is 10.9. The van der Waals surface area contributed by atoms with Crippen molar-refractivity contribution in [3.05, 3.63) is 56.9 Å². The molecule has 0 spiro atoms. The van der Waals surface area contributed by atoms with Gasteiger partial charge >= 0.3 is 0 Å². The smallest absolute Gasteiger partial charge is 0.294 e. The van der Waals surface area contributed by atoms with Gasteiger partial charge in [0.25, 0.3) is 5.69 Å². The molecule has 2 rings (SSSR count). The molecule has 0 fully saturated rings. The third-order valence-corrected chi connectivity index (χ3v) is 2.92. The first kappa shape index (κ1) is 13.6. The Hall–Kier alpha value is -1.86. The molecule has 0 aliphatic carbocycles. The molecule has 1 aromatic heterocycles. The van der Waals surface area contributed by atoms with E-state index >= 15 is 0 Å². The highest BCUT2D eigenvalue weighted by molar-refractivity contribution is 9.10. The molecule has 1 N–H and O–H groups in total. The SMILES string of the molecule is O=[N+]([O-])c1ccc(Br)cc1N/N=C(/Cl)c1ccco1. The largest absolute Gasteiger partial charge is 0.462 e. The summed E-state index contributed by atoms with van der Waals surface area (Å²) in [4.78, 5) is 10.3. The Balaban J connectivity index is 2.26. The van der Waals surface area contributed by atoms with E-state index in [-0.39, 0.29) is 16.5 Å². The Bertz CT molecular complexity index is 628. The van der Waals surface area contributed by atoms with Crippen molar-refractivity contribution in [1.82, 2.24) is 0 Å². The fourth-order valence-corrected chi connectivity index (χ4v) is 1.83. The minimum absolute atomic E-state index is 0.0688. The standard InChI is InChI=1S/C11H7BrClN3O3/c12-7-3-4-9(16(17)18)8(6-7)14-15-11(13)10-2-1-5-19-10/h1-6,14H/b15-11+. The summed E-state index contributed by atoms with van der Waals surface area (Å²) in [6.45, 7) is 0. The zero-order valence-electron chi connectivity index (χ0n) is 9.34. The minimum Gasteiger partial charge on any atom is -0.462 e. The molecule has 0 saturated heterocycles. The van der Waals surface area contributed by atoms with Crippen LogP contribution in [0.25, 0.3) is 0 Å². The van der Waals surface area contributed by atoms with Gasteiger partial charge in [-0.15, -0.1) is 0 Å². The summed E-state index contributed by atoms with van der Waals surface area (Å²) in [5.74, 6) is 0.367. The van der Waals surface area contributed by atoms with Crippen LogP contribution in [0, 0.1) is 10.1 Å². The predicted octanol–water partition coefficient (Wildman–Crippen LogP) is 3.96. The second-order valence-corrected chi connectivity index (χ2v) is 4.68. The van der Waals surface area contributed by atoms with Crippen molar-refractivity contribution in [2.45, 2.75) is 0 Å². The molecule has 1 heterocycles. The zero-order valence-corrected chi connectivity index (χ0v) is 11.7. The van der Waals surface area contributed by atoms with Gasteiger partial charge in [0.05, 0.1) is 11.2 Å². The van der Waals surface area contributed by atoms with Gasteiger partial charge in [-0.25, -0.2) is 0 Å². The molecule has 0 aliphatic rings. The Labute approximate surface area is 121 Å². The maximum Gasteiger partial charge on any atom is 0.294 e. The number of rotatable bonds is 4. The van der Waals surface area contributed by atoms with Crippen molar-refractivity contribution in [3.8, 4) is 0 Å². The third-order valence-electron chi connectivity index (χ3n) is 2.15. The van der Waals surface area contributed by atoms with E-state index in [2.05, 4.69) is 26.5 Å². The molecule has 0 aliphatic heterocycles. The van der Waals surface area contributed by atoms with E-state index in [1.54, 1.807) is 18.2 Å². The van der Waals surface area contributed by atoms with Gasteiger partial charge in [-0.3, -0.25) is 15.5 Å². The van der Waals surface area contributed by atoms with E-state index in [0.29, 0.717) is 10.2 Å². The normalized spacial score (nSPS) is 11.4. The molecular weight excluding hydrogens is 337 g/mol. The quantitative estimate of drug-likeness (QED) is 0.517. The fraction of sp³-hybridized carbons (Fsp3) is 0. The lowest BCUT2D eigenvalue weighted by molar-refractivity contribution is -0.384. The first-order valence-electron chi connectivity index (χ1n) is 5.05. The number of halogens is 2. The predicted molar refractivity (Wildman–Crippen MR) is 75.5 cm³/mol. The number of anilines is 1. The monoisotopic (exact) mass is 343 g/mol. The van der Waals surface area contributed by atoms with E-state index in [0.717, 1.165) is 0 Å². The summed E-state index contributed by atoms with van der Waals surface area (Å²) < 4.78 is 5.72. The van der Waals surface area contributed by atoms with Crippen LogP contribution in [0.2, 0.25) is 0 Å². The van der Waals surface area contributed by atoms with Crippen LogP contribution in [-0.4, -0.2) is 10.1 Å². The summed E-state index contributed by atoms with van der Waals surface area (Å²) in [7, 11) is 0. The number of furan rings is 1. The number of nitro benzene ring substituents is 1. The molecule has 0 bridgehead atoms. The van der Waals surface area contributed by atoms with E-state index < -0.39 is 4.92 Å². The number of nitrogens with one attached hydrogen (secondary N) is 1. The van der Waals surface area contributed by atoms with Crippen LogP contribution in [-0.2, 0) is 0 Å². The van der Waals surface area contributed by atoms with Crippen LogP contribution in [0.3, 0.4) is 0 Å². The van der Waals surface area contributed by atoms with Gasteiger partial charge in [-0.2, -0.15) is 5.10 Å². The first-order chi connectivity index (χ1) is 9.08. The molecule has 0 radical (unpaired) electrons. The summed E-state index contributed by atoms with van der Waals surface area (Å²) in [5, 5.41) is 14.8. The molecule has 0 unspecified atom stereocenters. The average Bonchev–Trinajstić information content (AvgIpc) is 2.89. The summed E-state index contributed by atoms with van der Waals surface area (Å²) in [6.07, 6.45) is 1.45. The number of benzene rings is 1. The van der Waals surface area contributed by atoms with Crippen molar-refractivity contribution >= 4 is 44.1 Å². The second-order valence-electron chi connectivity index (χ2n) is 3.41. The third kappa shape index (κ3) is 3.33. The van der Waals surface area contributed by atoms with Gasteiger partial charge in [0.15, 0.2) is 10.9 Å². The number of hydrogen-bond acceptors (Lipinski definition) is 5. The van der Waals surface area contributed by atoms with Gasteiger partial charge in [-0.05, 0) is 24.3 Å². The molecule has 1 aromatic carbocycles. The Morgan fingerprint density at radius 1 is 1.47 bits per heavy atom. The van der Waals surface area contributed by atoms with Crippen LogP contribution < -0.4 is 5.43 Å². The number of nitro groups is 1. The maximum absolute atomic E-state index is 10.9. The second kappa shape index (κ2) is 5.85. The summed E-state index contributed by atoms with van der Waals surface area (Å²) >= 11 is 9.11. The van der Waals surface area contributed by atoms with Gasteiger partial charge in [0, 0.05) is 10.5 Å². The fourth-order valence-electron chi connectivity index (χ4n) is 1.32. The van der Waals surface area contributed by atoms with Gasteiger partial charge in [-0.1, -0.05) is 27.5 Å². The molecular formula is C11H7BrClN3O3. The first-order valence-corrected chi connectivity index (χ1v) is 6.22. The van der Waals surface area contributed by atoms with Gasteiger partial charge in [0.2, 0.25) is 0 Å². The molecule has 8 heteroatoms. The molecule has 0 amide bonds. The lowest BCUT2D eigenvalue weighted by atomic mass is 10.3. The molecule has 19 heavy (non-hydrogen) atoms. The number of hydrazone groups is 1. The number of nitrogens with zero attached hydrogens (tertiary/aromatic N) is 2. The van der Waals surface area contributed by atoms with Crippen molar-refractivity contribution in [2.24, 2.45) is 5.10 Å². The molecule has 2 aromatic rings.